The lowest BCUT2D eigenvalue weighted by atomic mass is 10.1. The number of hydrogen-bond acceptors (Lipinski definition) is 3. The van der Waals surface area contributed by atoms with Crippen molar-refractivity contribution in [1.82, 2.24) is 9.97 Å². The molecule has 0 unspecified atom stereocenters. The normalized spacial score (nSPS) is 15.5. The van der Waals surface area contributed by atoms with E-state index in [1.165, 1.54) is 5.56 Å². The molecule has 0 amide bonds. The highest BCUT2D eigenvalue weighted by Crippen LogP contribution is 2.47. The van der Waals surface area contributed by atoms with Gasteiger partial charge in [0.05, 0.1) is 5.54 Å². The first-order valence-corrected chi connectivity index (χ1v) is 7.57. The molecule has 3 rings (SSSR count). The topological polar surface area (TPSA) is 37.8 Å². The summed E-state index contributed by atoms with van der Waals surface area (Å²) in [7, 11) is 0. The van der Waals surface area contributed by atoms with Gasteiger partial charge in [-0.2, -0.15) is 0 Å². The Bertz CT molecular complexity index is 613. The maximum Gasteiger partial charge on any atom is 0.223 e. The summed E-state index contributed by atoms with van der Waals surface area (Å²) >= 11 is 0. The molecule has 0 atom stereocenters. The summed E-state index contributed by atoms with van der Waals surface area (Å²) in [6, 6.07) is 10.5. The summed E-state index contributed by atoms with van der Waals surface area (Å²) in [6.07, 6.45) is 8.08. The number of hydrogen-bond donors (Lipinski definition) is 1. The summed E-state index contributed by atoms with van der Waals surface area (Å²) in [5, 5.41) is 3.49. The Morgan fingerprint density at radius 1 is 1.19 bits per heavy atom. The summed E-state index contributed by atoms with van der Waals surface area (Å²) < 4.78 is 0. The van der Waals surface area contributed by atoms with Crippen molar-refractivity contribution in [3.63, 3.8) is 0 Å². The standard InChI is InChI=1S/C18H21N3/c1-3-7-14(2)15-12-19-17(20-13-15)21-18(10-11-18)16-8-5-4-6-9-16/h4-6,8-9,12-13H,2-3,7,10-11H2,1H3,(H,19,20,21). The van der Waals surface area contributed by atoms with Crippen molar-refractivity contribution in [3.8, 4) is 0 Å². The molecule has 1 heterocycles. The zero-order valence-corrected chi connectivity index (χ0v) is 12.5. The van der Waals surface area contributed by atoms with Gasteiger partial charge >= 0.3 is 0 Å². The number of allylic oxidation sites excluding steroid dienone is 1. The van der Waals surface area contributed by atoms with Gasteiger partial charge in [0, 0.05) is 18.0 Å². The summed E-state index contributed by atoms with van der Waals surface area (Å²) in [5.74, 6) is 0.699. The van der Waals surface area contributed by atoms with Crippen LogP contribution in [-0.4, -0.2) is 9.97 Å². The molecule has 3 heteroatoms. The number of nitrogens with one attached hydrogen (secondary N) is 1. The van der Waals surface area contributed by atoms with E-state index in [4.69, 9.17) is 0 Å². The molecule has 21 heavy (non-hydrogen) atoms. The van der Waals surface area contributed by atoms with Crippen molar-refractivity contribution in [2.75, 3.05) is 5.32 Å². The van der Waals surface area contributed by atoms with Crippen molar-refractivity contribution in [2.24, 2.45) is 0 Å². The lowest BCUT2D eigenvalue weighted by Crippen LogP contribution is -2.20. The molecule has 0 radical (unpaired) electrons. The van der Waals surface area contributed by atoms with Crippen LogP contribution in [0.1, 0.15) is 43.7 Å². The van der Waals surface area contributed by atoms with Crippen LogP contribution in [-0.2, 0) is 5.54 Å². The molecule has 108 valence electrons. The number of nitrogens with zero attached hydrogens (tertiary/aromatic N) is 2. The van der Waals surface area contributed by atoms with Gasteiger partial charge in [0.15, 0.2) is 0 Å². The maximum atomic E-state index is 4.45. The van der Waals surface area contributed by atoms with Crippen LogP contribution in [0.4, 0.5) is 5.95 Å². The van der Waals surface area contributed by atoms with Crippen molar-refractivity contribution < 1.29 is 0 Å². The second-order valence-corrected chi connectivity index (χ2v) is 5.72. The Kier molecular flexibility index (Phi) is 3.74. The number of benzene rings is 1. The van der Waals surface area contributed by atoms with Crippen LogP contribution in [0.15, 0.2) is 49.3 Å². The lowest BCUT2D eigenvalue weighted by Gasteiger charge is -2.18. The van der Waals surface area contributed by atoms with Crippen LogP contribution in [0.3, 0.4) is 0 Å². The Balaban J connectivity index is 1.73. The quantitative estimate of drug-likeness (QED) is 0.852. The van der Waals surface area contributed by atoms with E-state index in [1.807, 2.05) is 18.5 Å². The third-order valence-electron chi connectivity index (χ3n) is 4.04. The lowest BCUT2D eigenvalue weighted by molar-refractivity contribution is 0.789. The van der Waals surface area contributed by atoms with Gasteiger partial charge in [0.1, 0.15) is 0 Å². The molecular weight excluding hydrogens is 258 g/mol. The van der Waals surface area contributed by atoms with Gasteiger partial charge in [0.25, 0.3) is 0 Å². The van der Waals surface area contributed by atoms with Crippen molar-refractivity contribution in [3.05, 3.63) is 60.4 Å². The Morgan fingerprint density at radius 3 is 2.43 bits per heavy atom. The van der Waals surface area contributed by atoms with Crippen LogP contribution in [0.2, 0.25) is 0 Å². The molecule has 1 aliphatic carbocycles. The van der Waals surface area contributed by atoms with E-state index >= 15 is 0 Å². The smallest absolute Gasteiger partial charge is 0.223 e. The predicted molar refractivity (Wildman–Crippen MR) is 87.0 cm³/mol. The average molecular weight is 279 g/mol. The minimum absolute atomic E-state index is 0.0310. The third-order valence-corrected chi connectivity index (χ3v) is 4.04. The highest BCUT2D eigenvalue weighted by molar-refractivity contribution is 5.62. The maximum absolute atomic E-state index is 4.45. The minimum Gasteiger partial charge on any atom is -0.345 e. The van der Waals surface area contributed by atoms with E-state index in [9.17, 15) is 0 Å². The summed E-state index contributed by atoms with van der Waals surface area (Å²) in [4.78, 5) is 8.90. The largest absolute Gasteiger partial charge is 0.345 e. The monoisotopic (exact) mass is 279 g/mol. The van der Waals surface area contributed by atoms with E-state index in [2.05, 4.69) is 53.1 Å². The van der Waals surface area contributed by atoms with Gasteiger partial charge in [0.2, 0.25) is 5.95 Å². The summed E-state index contributed by atoms with van der Waals surface area (Å²) in [5.41, 5.74) is 3.48. The zero-order valence-electron chi connectivity index (χ0n) is 12.5. The first-order valence-electron chi connectivity index (χ1n) is 7.57. The van der Waals surface area contributed by atoms with E-state index in [-0.39, 0.29) is 5.54 Å². The molecule has 1 fully saturated rings. The molecule has 1 N–H and O–H groups in total. The molecular formula is C18H21N3. The zero-order chi connectivity index (χ0) is 14.7. The van der Waals surface area contributed by atoms with Crippen LogP contribution >= 0.6 is 0 Å². The fourth-order valence-electron chi connectivity index (χ4n) is 2.60. The van der Waals surface area contributed by atoms with Gasteiger partial charge < -0.3 is 5.32 Å². The van der Waals surface area contributed by atoms with Gasteiger partial charge in [-0.05, 0) is 30.4 Å². The molecule has 0 bridgehead atoms. The fraction of sp³-hybridized carbons (Fsp3) is 0.333. The first-order chi connectivity index (χ1) is 10.2. The van der Waals surface area contributed by atoms with Crippen LogP contribution in [0.25, 0.3) is 5.57 Å². The van der Waals surface area contributed by atoms with Gasteiger partial charge in [-0.3, -0.25) is 0 Å². The number of anilines is 1. The SMILES string of the molecule is C=C(CCC)c1cnc(NC2(c3ccccc3)CC2)nc1. The van der Waals surface area contributed by atoms with Crippen LogP contribution < -0.4 is 5.32 Å². The van der Waals surface area contributed by atoms with E-state index < -0.39 is 0 Å². The average Bonchev–Trinajstić information content (AvgIpc) is 3.30. The highest BCUT2D eigenvalue weighted by atomic mass is 15.2. The molecule has 3 nitrogen and oxygen atoms in total. The molecule has 1 aromatic carbocycles. The molecule has 1 aliphatic rings. The van der Waals surface area contributed by atoms with Crippen molar-refractivity contribution in [1.29, 1.82) is 0 Å². The Labute approximate surface area is 126 Å². The second-order valence-electron chi connectivity index (χ2n) is 5.72. The third kappa shape index (κ3) is 2.97. The predicted octanol–water partition coefficient (Wildman–Crippen LogP) is 4.39. The van der Waals surface area contributed by atoms with Crippen molar-refractivity contribution in [2.45, 2.75) is 38.1 Å². The first kappa shape index (κ1) is 13.8. The Morgan fingerprint density at radius 2 is 1.86 bits per heavy atom. The second kappa shape index (κ2) is 5.68. The molecule has 2 aromatic rings. The fourth-order valence-corrected chi connectivity index (χ4v) is 2.60. The van der Waals surface area contributed by atoms with Gasteiger partial charge in [-0.25, -0.2) is 9.97 Å². The van der Waals surface area contributed by atoms with Crippen LogP contribution in [0.5, 0.6) is 0 Å². The molecule has 1 aromatic heterocycles. The van der Waals surface area contributed by atoms with Gasteiger partial charge in [-0.1, -0.05) is 50.3 Å². The van der Waals surface area contributed by atoms with E-state index in [1.54, 1.807) is 0 Å². The van der Waals surface area contributed by atoms with E-state index in [0.29, 0.717) is 5.95 Å². The molecule has 0 saturated heterocycles. The van der Waals surface area contributed by atoms with Gasteiger partial charge in [-0.15, -0.1) is 0 Å². The van der Waals surface area contributed by atoms with Crippen LogP contribution in [0, 0.1) is 0 Å². The Hall–Kier alpha value is -2.16. The summed E-state index contributed by atoms with van der Waals surface area (Å²) in [6.45, 7) is 6.23. The highest BCUT2D eigenvalue weighted by Gasteiger charge is 2.44. The minimum atomic E-state index is 0.0310. The molecule has 1 saturated carbocycles. The van der Waals surface area contributed by atoms with Crippen molar-refractivity contribution >= 4 is 11.5 Å². The number of rotatable bonds is 6. The molecule has 0 spiro atoms. The molecule has 0 aliphatic heterocycles. The van der Waals surface area contributed by atoms with E-state index in [0.717, 1.165) is 36.8 Å². The number of aromatic nitrogens is 2.